The van der Waals surface area contributed by atoms with Crippen LogP contribution in [-0.2, 0) is 4.74 Å². The Morgan fingerprint density at radius 2 is 2.03 bits per heavy atom. The van der Waals surface area contributed by atoms with Gasteiger partial charge in [-0.25, -0.2) is 0 Å². The second-order valence-electron chi connectivity index (χ2n) is 8.75. The number of fused-ring (bicyclic) bond motifs is 1. The number of thiophene rings is 1. The van der Waals surface area contributed by atoms with E-state index in [1.165, 1.54) is 25.9 Å². The largest absolute Gasteiger partial charge is 0.490 e. The molecular formula is C23H32N2O3S. The number of carbonyl (C=O) groups excluding carboxylic acids is 1. The molecule has 5 nitrogen and oxygen atoms in total. The highest BCUT2D eigenvalue weighted by atomic mass is 32.1. The topological polar surface area (TPSA) is 50.8 Å². The Morgan fingerprint density at radius 1 is 1.28 bits per heavy atom. The van der Waals surface area contributed by atoms with E-state index in [0.29, 0.717) is 12.1 Å². The van der Waals surface area contributed by atoms with Crippen molar-refractivity contribution in [3.05, 3.63) is 29.1 Å². The normalized spacial score (nSPS) is 19.7. The fourth-order valence-corrected chi connectivity index (χ4v) is 5.34. The van der Waals surface area contributed by atoms with Crippen molar-refractivity contribution in [1.82, 2.24) is 10.2 Å². The molecule has 1 amide bonds. The summed E-state index contributed by atoms with van der Waals surface area (Å²) in [6.07, 6.45) is 4.67. The summed E-state index contributed by atoms with van der Waals surface area (Å²) in [6.45, 7) is 9.73. The zero-order valence-electron chi connectivity index (χ0n) is 17.5. The van der Waals surface area contributed by atoms with Crippen LogP contribution < -0.4 is 10.1 Å². The van der Waals surface area contributed by atoms with E-state index in [1.54, 1.807) is 11.3 Å². The lowest BCUT2D eigenvalue weighted by Crippen LogP contribution is -2.48. The minimum Gasteiger partial charge on any atom is -0.490 e. The third-order valence-electron chi connectivity index (χ3n) is 6.09. The number of hydrogen-bond acceptors (Lipinski definition) is 5. The Morgan fingerprint density at radius 3 is 2.76 bits per heavy atom. The number of carbonyl (C=O) groups is 1. The van der Waals surface area contributed by atoms with Gasteiger partial charge in [-0.3, -0.25) is 4.79 Å². The zero-order valence-corrected chi connectivity index (χ0v) is 18.4. The number of amides is 1. The van der Waals surface area contributed by atoms with Gasteiger partial charge in [0.2, 0.25) is 0 Å². The standard InChI is InChI=1S/C23H32N2O3S/c1-17(2)28-20-13-18(14-21-19(20)5-12-29-21)22(26)24-15-23(6-10-27-11-7-23)16-25-8-3-4-9-25/h5,12-14,17H,3-4,6-11,15-16H2,1-2H3,(H,24,26). The van der Waals surface area contributed by atoms with Crippen molar-refractivity contribution in [3.8, 4) is 5.75 Å². The molecule has 29 heavy (non-hydrogen) atoms. The van der Waals surface area contributed by atoms with E-state index in [0.717, 1.165) is 48.4 Å². The van der Waals surface area contributed by atoms with E-state index in [9.17, 15) is 4.79 Å². The van der Waals surface area contributed by atoms with Gasteiger partial charge in [0.15, 0.2) is 0 Å². The van der Waals surface area contributed by atoms with Gasteiger partial charge in [0.25, 0.3) is 5.91 Å². The molecule has 0 aliphatic carbocycles. The highest BCUT2D eigenvalue weighted by Gasteiger charge is 2.35. The highest BCUT2D eigenvalue weighted by molar-refractivity contribution is 7.17. The van der Waals surface area contributed by atoms with Gasteiger partial charge in [-0.1, -0.05) is 0 Å². The third kappa shape index (κ3) is 4.93. The van der Waals surface area contributed by atoms with E-state index >= 15 is 0 Å². The predicted molar refractivity (Wildman–Crippen MR) is 118 cm³/mol. The maximum atomic E-state index is 13.1. The van der Waals surface area contributed by atoms with Crippen LogP contribution >= 0.6 is 11.3 Å². The van der Waals surface area contributed by atoms with Crippen LogP contribution in [0.3, 0.4) is 0 Å². The fraction of sp³-hybridized carbons (Fsp3) is 0.609. The first-order valence-corrected chi connectivity index (χ1v) is 11.7. The summed E-state index contributed by atoms with van der Waals surface area (Å²) in [5.74, 6) is 0.781. The van der Waals surface area contributed by atoms with Gasteiger partial charge < -0.3 is 19.7 Å². The van der Waals surface area contributed by atoms with E-state index in [-0.39, 0.29) is 17.4 Å². The van der Waals surface area contributed by atoms with Crippen LogP contribution in [0.25, 0.3) is 10.1 Å². The summed E-state index contributed by atoms with van der Waals surface area (Å²) in [4.78, 5) is 15.6. The molecule has 0 radical (unpaired) electrons. The van der Waals surface area contributed by atoms with Crippen molar-refractivity contribution >= 4 is 27.3 Å². The molecule has 1 aromatic heterocycles. The van der Waals surface area contributed by atoms with Gasteiger partial charge >= 0.3 is 0 Å². The number of hydrogen-bond donors (Lipinski definition) is 1. The molecule has 0 bridgehead atoms. The third-order valence-corrected chi connectivity index (χ3v) is 6.96. The Hall–Kier alpha value is -1.63. The van der Waals surface area contributed by atoms with Crippen LogP contribution in [0.2, 0.25) is 0 Å². The molecule has 4 rings (SSSR count). The molecule has 2 aliphatic heterocycles. The number of likely N-dealkylation sites (tertiary alicyclic amines) is 1. The predicted octanol–water partition coefficient (Wildman–Crippen LogP) is 4.31. The van der Waals surface area contributed by atoms with Crippen LogP contribution in [0.1, 0.15) is 49.9 Å². The first-order valence-electron chi connectivity index (χ1n) is 10.8. The average Bonchev–Trinajstić information content (AvgIpc) is 3.38. The van der Waals surface area contributed by atoms with Crippen molar-refractivity contribution < 1.29 is 14.3 Å². The summed E-state index contributed by atoms with van der Waals surface area (Å²) in [6, 6.07) is 5.94. The van der Waals surface area contributed by atoms with Crippen molar-refractivity contribution in [2.45, 2.75) is 45.6 Å². The minimum atomic E-state index is -0.0128. The van der Waals surface area contributed by atoms with Crippen LogP contribution in [-0.4, -0.2) is 56.3 Å². The molecule has 0 unspecified atom stereocenters. The Bertz CT molecular complexity index is 836. The molecule has 6 heteroatoms. The van der Waals surface area contributed by atoms with Gasteiger partial charge in [-0.15, -0.1) is 11.3 Å². The molecule has 158 valence electrons. The summed E-state index contributed by atoms with van der Waals surface area (Å²) >= 11 is 1.64. The molecule has 2 aromatic rings. The first-order chi connectivity index (χ1) is 14.0. The van der Waals surface area contributed by atoms with Crippen molar-refractivity contribution in [3.63, 3.8) is 0 Å². The summed E-state index contributed by atoms with van der Waals surface area (Å²) < 4.78 is 12.7. The number of rotatable bonds is 7. The van der Waals surface area contributed by atoms with Crippen LogP contribution in [0.5, 0.6) is 5.75 Å². The smallest absolute Gasteiger partial charge is 0.251 e. The molecule has 3 heterocycles. The van der Waals surface area contributed by atoms with Crippen LogP contribution in [0.4, 0.5) is 0 Å². The van der Waals surface area contributed by atoms with E-state index in [4.69, 9.17) is 9.47 Å². The quantitative estimate of drug-likeness (QED) is 0.731. The Balaban J connectivity index is 1.48. The molecule has 0 saturated carbocycles. The number of ether oxygens (including phenoxy) is 2. The maximum absolute atomic E-state index is 13.1. The summed E-state index contributed by atoms with van der Waals surface area (Å²) in [5, 5.41) is 6.38. The van der Waals surface area contributed by atoms with Gasteiger partial charge in [0, 0.05) is 47.4 Å². The molecule has 2 saturated heterocycles. The zero-order chi connectivity index (χ0) is 20.3. The number of nitrogens with one attached hydrogen (secondary N) is 1. The average molecular weight is 417 g/mol. The minimum absolute atomic E-state index is 0.0128. The Labute approximate surface area is 177 Å². The Kier molecular flexibility index (Phi) is 6.42. The lowest BCUT2D eigenvalue weighted by atomic mass is 9.79. The highest BCUT2D eigenvalue weighted by Crippen LogP contribution is 2.34. The van der Waals surface area contributed by atoms with Gasteiger partial charge in [-0.2, -0.15) is 0 Å². The van der Waals surface area contributed by atoms with E-state index in [2.05, 4.69) is 16.3 Å². The summed E-state index contributed by atoms with van der Waals surface area (Å²) in [7, 11) is 0. The number of nitrogens with zero attached hydrogens (tertiary/aromatic N) is 1. The maximum Gasteiger partial charge on any atom is 0.251 e. The van der Waals surface area contributed by atoms with Gasteiger partial charge in [-0.05, 0) is 76.2 Å². The van der Waals surface area contributed by atoms with E-state index in [1.807, 2.05) is 31.4 Å². The van der Waals surface area contributed by atoms with Crippen molar-refractivity contribution in [1.29, 1.82) is 0 Å². The fourth-order valence-electron chi connectivity index (χ4n) is 4.50. The lowest BCUT2D eigenvalue weighted by molar-refractivity contribution is -0.000629. The van der Waals surface area contributed by atoms with Crippen molar-refractivity contribution in [2.75, 3.05) is 39.4 Å². The number of benzene rings is 1. The molecular weight excluding hydrogens is 384 g/mol. The summed E-state index contributed by atoms with van der Waals surface area (Å²) in [5.41, 5.74) is 0.793. The molecule has 1 N–H and O–H groups in total. The SMILES string of the molecule is CC(C)Oc1cc(C(=O)NCC2(CN3CCCC3)CCOCC2)cc2sccc12. The van der Waals surface area contributed by atoms with Crippen molar-refractivity contribution in [2.24, 2.45) is 5.41 Å². The second-order valence-corrected chi connectivity index (χ2v) is 9.70. The molecule has 0 atom stereocenters. The van der Waals surface area contributed by atoms with E-state index < -0.39 is 0 Å². The van der Waals surface area contributed by atoms with Crippen LogP contribution in [0, 0.1) is 5.41 Å². The molecule has 0 spiro atoms. The molecule has 2 fully saturated rings. The van der Waals surface area contributed by atoms with Gasteiger partial charge in [0.1, 0.15) is 5.75 Å². The molecule has 1 aromatic carbocycles. The first kappa shape index (κ1) is 20.6. The van der Waals surface area contributed by atoms with Gasteiger partial charge in [0.05, 0.1) is 6.10 Å². The lowest BCUT2D eigenvalue weighted by Gasteiger charge is -2.40. The van der Waals surface area contributed by atoms with Crippen LogP contribution in [0.15, 0.2) is 23.6 Å². The second kappa shape index (κ2) is 9.02. The molecule has 2 aliphatic rings. The monoisotopic (exact) mass is 416 g/mol.